The number of phenolic OH excluding ortho intramolecular Hbond substituents is 1. The highest BCUT2D eigenvalue weighted by Crippen LogP contribution is 2.26. The van der Waals surface area contributed by atoms with Gasteiger partial charge in [-0.1, -0.05) is 30.3 Å². The van der Waals surface area contributed by atoms with Crippen molar-refractivity contribution in [3.63, 3.8) is 0 Å². The molecule has 30 heavy (non-hydrogen) atoms. The monoisotopic (exact) mass is 401 g/mol. The Bertz CT molecular complexity index is 1260. The van der Waals surface area contributed by atoms with Crippen molar-refractivity contribution in [2.45, 2.75) is 6.92 Å². The number of hydrogen-bond acceptors (Lipinski definition) is 5. The number of fused-ring (bicyclic) bond motifs is 1. The Labute approximate surface area is 172 Å². The van der Waals surface area contributed by atoms with Crippen LogP contribution < -0.4 is 15.5 Å². The molecule has 1 heterocycles. The van der Waals surface area contributed by atoms with Gasteiger partial charge < -0.3 is 19.6 Å². The van der Waals surface area contributed by atoms with E-state index in [1.165, 1.54) is 12.1 Å². The van der Waals surface area contributed by atoms with Crippen LogP contribution in [-0.2, 0) is 4.79 Å². The van der Waals surface area contributed by atoms with E-state index in [-0.39, 0.29) is 23.7 Å². The number of ether oxygens (including phenoxy) is 1. The third-order valence-corrected chi connectivity index (χ3v) is 4.62. The Kier molecular flexibility index (Phi) is 5.22. The van der Waals surface area contributed by atoms with Crippen LogP contribution in [0, 0.1) is 6.92 Å². The van der Waals surface area contributed by atoms with Gasteiger partial charge in [0.1, 0.15) is 22.8 Å². The molecule has 6 nitrogen and oxygen atoms in total. The van der Waals surface area contributed by atoms with E-state index < -0.39 is 0 Å². The van der Waals surface area contributed by atoms with Gasteiger partial charge in [0.05, 0.1) is 10.9 Å². The Balaban J connectivity index is 1.53. The molecule has 4 aromatic rings. The van der Waals surface area contributed by atoms with Crippen LogP contribution in [0.1, 0.15) is 5.76 Å². The molecule has 150 valence electrons. The number of benzene rings is 3. The zero-order valence-corrected chi connectivity index (χ0v) is 16.2. The average Bonchev–Trinajstić information content (AvgIpc) is 2.74. The van der Waals surface area contributed by atoms with Gasteiger partial charge in [-0.2, -0.15) is 0 Å². The largest absolute Gasteiger partial charge is 0.508 e. The van der Waals surface area contributed by atoms with Crippen LogP contribution in [0.4, 0.5) is 5.69 Å². The highest BCUT2D eigenvalue weighted by Gasteiger charge is 2.14. The number of anilines is 1. The third kappa shape index (κ3) is 4.03. The lowest BCUT2D eigenvalue weighted by Gasteiger charge is -2.10. The molecular formula is C24H19NO5. The first kappa shape index (κ1) is 19.3. The molecule has 1 amide bonds. The van der Waals surface area contributed by atoms with Gasteiger partial charge in [-0.3, -0.25) is 9.59 Å². The van der Waals surface area contributed by atoms with Gasteiger partial charge in [0.2, 0.25) is 5.43 Å². The molecule has 0 aliphatic heterocycles. The lowest BCUT2D eigenvalue weighted by Crippen LogP contribution is -2.20. The minimum Gasteiger partial charge on any atom is -0.508 e. The second kappa shape index (κ2) is 8.13. The van der Waals surface area contributed by atoms with Gasteiger partial charge >= 0.3 is 0 Å². The minimum atomic E-state index is -0.349. The molecule has 3 aromatic carbocycles. The second-order valence-electron chi connectivity index (χ2n) is 6.77. The van der Waals surface area contributed by atoms with Crippen LogP contribution in [0.5, 0.6) is 11.5 Å². The predicted molar refractivity (Wildman–Crippen MR) is 115 cm³/mol. The lowest BCUT2D eigenvalue weighted by molar-refractivity contribution is -0.118. The molecule has 0 unspecified atom stereocenters. The quantitative estimate of drug-likeness (QED) is 0.481. The fourth-order valence-electron chi connectivity index (χ4n) is 3.20. The van der Waals surface area contributed by atoms with E-state index in [4.69, 9.17) is 9.15 Å². The predicted octanol–water partition coefficient (Wildman–Crippen LogP) is 4.49. The molecule has 0 bridgehead atoms. The number of nitrogens with one attached hydrogen (secondary N) is 1. The van der Waals surface area contributed by atoms with Crippen LogP contribution in [0.15, 0.2) is 82.0 Å². The van der Waals surface area contributed by atoms with E-state index >= 15 is 0 Å². The van der Waals surface area contributed by atoms with Crippen molar-refractivity contribution in [3.05, 3.63) is 88.8 Å². The maximum absolute atomic E-state index is 13.0. The number of amides is 1. The van der Waals surface area contributed by atoms with E-state index in [1.807, 2.05) is 30.3 Å². The fourth-order valence-corrected chi connectivity index (χ4v) is 3.20. The maximum Gasteiger partial charge on any atom is 0.262 e. The first-order valence-corrected chi connectivity index (χ1v) is 9.36. The number of carbonyl (C=O) groups is 1. The van der Waals surface area contributed by atoms with Crippen molar-refractivity contribution in [1.29, 1.82) is 0 Å². The molecule has 0 aliphatic carbocycles. The Hall–Kier alpha value is -4.06. The van der Waals surface area contributed by atoms with Gasteiger partial charge in [-0.15, -0.1) is 0 Å². The Morgan fingerprint density at radius 2 is 1.77 bits per heavy atom. The van der Waals surface area contributed by atoms with Crippen molar-refractivity contribution < 1.29 is 19.1 Å². The zero-order valence-electron chi connectivity index (χ0n) is 16.2. The summed E-state index contributed by atoms with van der Waals surface area (Å²) in [6, 6.07) is 20.4. The van der Waals surface area contributed by atoms with E-state index in [0.717, 1.165) is 5.56 Å². The number of aryl methyl sites for hydroxylation is 1. The van der Waals surface area contributed by atoms with E-state index in [0.29, 0.717) is 33.7 Å². The van der Waals surface area contributed by atoms with Gasteiger partial charge in [0.25, 0.3) is 5.91 Å². The third-order valence-electron chi connectivity index (χ3n) is 4.62. The fraction of sp³-hybridized carbons (Fsp3) is 0.0833. The summed E-state index contributed by atoms with van der Waals surface area (Å²) in [6.45, 7) is 1.54. The Morgan fingerprint density at radius 1 is 1.03 bits per heavy atom. The molecular weight excluding hydrogens is 382 g/mol. The van der Waals surface area contributed by atoms with Gasteiger partial charge in [0, 0.05) is 11.8 Å². The highest BCUT2D eigenvalue weighted by atomic mass is 16.5. The van der Waals surface area contributed by atoms with Crippen molar-refractivity contribution in [2.75, 3.05) is 11.9 Å². The molecule has 2 N–H and O–H groups in total. The molecule has 0 fully saturated rings. The van der Waals surface area contributed by atoms with Gasteiger partial charge in [-0.05, 0) is 48.9 Å². The minimum absolute atomic E-state index is 0.114. The summed E-state index contributed by atoms with van der Waals surface area (Å²) in [6.07, 6.45) is 0. The summed E-state index contributed by atoms with van der Waals surface area (Å²) in [7, 11) is 0. The molecule has 6 heteroatoms. The normalized spacial score (nSPS) is 10.7. The SMILES string of the molecule is Cc1oc2cc(OCC(=O)Nc3ccc(O)cc3)ccc2c(=O)c1-c1ccccc1. The molecule has 0 radical (unpaired) electrons. The first-order valence-electron chi connectivity index (χ1n) is 9.36. The van der Waals surface area contributed by atoms with Crippen LogP contribution in [0.2, 0.25) is 0 Å². The van der Waals surface area contributed by atoms with Crippen LogP contribution >= 0.6 is 0 Å². The molecule has 0 saturated carbocycles. The topological polar surface area (TPSA) is 88.8 Å². The standard InChI is InChI=1S/C24H19NO5/c1-15-23(16-5-3-2-4-6-16)24(28)20-12-11-19(13-21(20)30-15)29-14-22(27)25-17-7-9-18(26)10-8-17/h2-13,26H,14H2,1H3,(H,25,27). The summed E-state index contributed by atoms with van der Waals surface area (Å²) in [5.74, 6) is 0.699. The van der Waals surface area contributed by atoms with Crippen LogP contribution in [0.25, 0.3) is 22.1 Å². The van der Waals surface area contributed by atoms with E-state index in [9.17, 15) is 14.7 Å². The first-order chi connectivity index (χ1) is 14.5. The maximum atomic E-state index is 13.0. The molecule has 0 aliphatic rings. The number of phenols is 1. The summed E-state index contributed by atoms with van der Waals surface area (Å²) in [5.41, 5.74) is 2.17. The highest BCUT2D eigenvalue weighted by molar-refractivity contribution is 5.92. The van der Waals surface area contributed by atoms with Gasteiger partial charge in [-0.25, -0.2) is 0 Å². The number of carbonyl (C=O) groups excluding carboxylic acids is 1. The van der Waals surface area contributed by atoms with Crippen molar-refractivity contribution in [3.8, 4) is 22.6 Å². The zero-order chi connectivity index (χ0) is 21.1. The summed E-state index contributed by atoms with van der Waals surface area (Å²) in [5, 5.41) is 12.4. The van der Waals surface area contributed by atoms with Crippen molar-refractivity contribution in [2.24, 2.45) is 0 Å². The van der Waals surface area contributed by atoms with Crippen LogP contribution in [-0.4, -0.2) is 17.6 Å². The second-order valence-corrected chi connectivity index (χ2v) is 6.77. The van der Waals surface area contributed by atoms with Gasteiger partial charge in [0.15, 0.2) is 6.61 Å². The molecule has 1 aromatic heterocycles. The number of hydrogen-bond donors (Lipinski definition) is 2. The Morgan fingerprint density at radius 3 is 2.50 bits per heavy atom. The lowest BCUT2D eigenvalue weighted by atomic mass is 10.0. The molecule has 0 spiro atoms. The number of rotatable bonds is 5. The molecule has 0 saturated heterocycles. The van der Waals surface area contributed by atoms with Crippen LogP contribution in [0.3, 0.4) is 0 Å². The van der Waals surface area contributed by atoms with E-state index in [1.54, 1.807) is 37.3 Å². The number of aromatic hydroxyl groups is 1. The molecule has 4 rings (SSSR count). The summed E-state index contributed by atoms with van der Waals surface area (Å²) in [4.78, 5) is 25.0. The average molecular weight is 401 g/mol. The smallest absolute Gasteiger partial charge is 0.262 e. The summed E-state index contributed by atoms with van der Waals surface area (Å²) < 4.78 is 11.4. The van der Waals surface area contributed by atoms with E-state index in [2.05, 4.69) is 5.32 Å². The molecule has 0 atom stereocenters. The van der Waals surface area contributed by atoms with Crippen molar-refractivity contribution in [1.82, 2.24) is 0 Å². The summed E-state index contributed by atoms with van der Waals surface area (Å²) >= 11 is 0. The van der Waals surface area contributed by atoms with Crippen molar-refractivity contribution >= 4 is 22.6 Å².